The first-order valence-corrected chi connectivity index (χ1v) is 12.4. The maximum atomic E-state index is 13.2. The molecule has 0 saturated carbocycles. The average Bonchev–Trinajstić information content (AvgIpc) is 2.81. The van der Waals surface area contributed by atoms with Gasteiger partial charge in [-0.1, -0.05) is 67.6 Å². The normalized spacial score (nSPS) is 17.2. The summed E-state index contributed by atoms with van der Waals surface area (Å²) in [6.07, 6.45) is 1.94. The quantitative estimate of drug-likeness (QED) is 0.585. The first-order valence-electron chi connectivity index (χ1n) is 11.0. The van der Waals surface area contributed by atoms with Crippen molar-refractivity contribution in [2.45, 2.75) is 30.6 Å². The average molecular weight is 449 g/mol. The molecule has 0 aliphatic carbocycles. The zero-order valence-electron chi connectivity index (χ0n) is 18.1. The van der Waals surface area contributed by atoms with Crippen LogP contribution in [0.2, 0.25) is 0 Å². The maximum absolute atomic E-state index is 13.2. The number of anilines is 1. The van der Waals surface area contributed by atoms with Gasteiger partial charge in [-0.05, 0) is 54.2 Å². The van der Waals surface area contributed by atoms with Gasteiger partial charge >= 0.3 is 0 Å². The summed E-state index contributed by atoms with van der Waals surface area (Å²) in [6.45, 7) is 3.19. The van der Waals surface area contributed by atoms with Gasteiger partial charge in [0.25, 0.3) is 0 Å². The van der Waals surface area contributed by atoms with E-state index in [1.807, 2.05) is 60.7 Å². The first kappa shape index (κ1) is 22.2. The number of sulfonamides is 1. The number of nitrogens with one attached hydrogen (secondary N) is 1. The molecule has 1 heterocycles. The van der Waals surface area contributed by atoms with E-state index in [4.69, 9.17) is 0 Å². The molecule has 1 unspecified atom stereocenters. The molecule has 1 aliphatic heterocycles. The second-order valence-corrected chi connectivity index (χ2v) is 10.3. The second-order valence-electron chi connectivity index (χ2n) is 8.38. The van der Waals surface area contributed by atoms with Crippen LogP contribution in [0.25, 0.3) is 0 Å². The Labute approximate surface area is 190 Å². The van der Waals surface area contributed by atoms with Crippen molar-refractivity contribution in [2.75, 3.05) is 18.4 Å². The smallest absolute Gasteiger partial charge is 0.243 e. The Morgan fingerprint density at radius 3 is 2.00 bits per heavy atom. The summed E-state index contributed by atoms with van der Waals surface area (Å²) in [5.74, 6) is -0.261. The Morgan fingerprint density at radius 2 is 1.47 bits per heavy atom. The Bertz CT molecular complexity index is 1110. The number of piperidine rings is 1. The lowest BCUT2D eigenvalue weighted by molar-refractivity contribution is -0.116. The van der Waals surface area contributed by atoms with Gasteiger partial charge in [0.2, 0.25) is 15.9 Å². The van der Waals surface area contributed by atoms with Crippen LogP contribution in [0.1, 0.15) is 36.8 Å². The summed E-state index contributed by atoms with van der Waals surface area (Å²) in [7, 11) is -3.52. The van der Waals surface area contributed by atoms with E-state index in [1.54, 1.807) is 28.6 Å². The van der Waals surface area contributed by atoms with E-state index in [0.717, 1.165) is 24.0 Å². The molecule has 1 aliphatic rings. The van der Waals surface area contributed by atoms with Crippen LogP contribution in [-0.4, -0.2) is 31.7 Å². The van der Waals surface area contributed by atoms with Crippen molar-refractivity contribution in [2.24, 2.45) is 5.92 Å². The van der Waals surface area contributed by atoms with Crippen LogP contribution in [-0.2, 0) is 14.8 Å². The van der Waals surface area contributed by atoms with Gasteiger partial charge in [0.15, 0.2) is 0 Å². The number of rotatable bonds is 6. The highest BCUT2D eigenvalue weighted by molar-refractivity contribution is 7.89. The highest BCUT2D eigenvalue weighted by Gasteiger charge is 2.29. The Hall–Kier alpha value is -2.96. The van der Waals surface area contributed by atoms with Gasteiger partial charge in [-0.15, -0.1) is 0 Å². The maximum Gasteiger partial charge on any atom is 0.243 e. The fourth-order valence-electron chi connectivity index (χ4n) is 4.22. The zero-order chi connectivity index (χ0) is 22.6. The van der Waals surface area contributed by atoms with E-state index >= 15 is 0 Å². The molecule has 0 bridgehead atoms. The number of hydrogen-bond donors (Lipinski definition) is 1. The van der Waals surface area contributed by atoms with Crippen LogP contribution in [0, 0.1) is 5.92 Å². The summed E-state index contributed by atoms with van der Waals surface area (Å²) in [5, 5.41) is 2.96. The van der Waals surface area contributed by atoms with E-state index in [2.05, 4.69) is 12.2 Å². The summed E-state index contributed by atoms with van der Waals surface area (Å²) >= 11 is 0. The van der Waals surface area contributed by atoms with Crippen LogP contribution < -0.4 is 5.32 Å². The number of benzene rings is 3. The molecule has 0 aromatic heterocycles. The van der Waals surface area contributed by atoms with Crippen molar-refractivity contribution in [3.8, 4) is 0 Å². The first-order chi connectivity index (χ1) is 15.4. The van der Waals surface area contributed by atoms with Gasteiger partial charge < -0.3 is 5.32 Å². The van der Waals surface area contributed by atoms with Crippen molar-refractivity contribution in [1.82, 2.24) is 4.31 Å². The number of carbonyl (C=O) groups is 1. The molecule has 1 saturated heterocycles. The van der Waals surface area contributed by atoms with Gasteiger partial charge in [-0.25, -0.2) is 8.42 Å². The SMILES string of the molecule is CC1CCCN(S(=O)(=O)c2ccc(NC(=O)C(c3ccccc3)c3ccccc3)cc2)C1. The van der Waals surface area contributed by atoms with Crippen LogP contribution in [0.3, 0.4) is 0 Å². The van der Waals surface area contributed by atoms with Crippen molar-refractivity contribution < 1.29 is 13.2 Å². The molecular weight excluding hydrogens is 420 g/mol. The van der Waals surface area contributed by atoms with E-state index in [0.29, 0.717) is 24.7 Å². The van der Waals surface area contributed by atoms with E-state index in [1.165, 1.54) is 0 Å². The van der Waals surface area contributed by atoms with Crippen LogP contribution in [0.4, 0.5) is 5.69 Å². The Kier molecular flexibility index (Phi) is 6.72. The van der Waals surface area contributed by atoms with Gasteiger partial charge in [-0.2, -0.15) is 4.31 Å². The number of carbonyl (C=O) groups excluding carboxylic acids is 1. The van der Waals surface area contributed by atoms with Crippen LogP contribution >= 0.6 is 0 Å². The Morgan fingerprint density at radius 1 is 0.906 bits per heavy atom. The largest absolute Gasteiger partial charge is 0.325 e. The summed E-state index contributed by atoms with van der Waals surface area (Å²) in [5.41, 5.74) is 2.36. The minimum atomic E-state index is -3.52. The van der Waals surface area contributed by atoms with Gasteiger partial charge in [0, 0.05) is 18.8 Å². The minimum absolute atomic E-state index is 0.164. The molecule has 1 N–H and O–H groups in total. The molecule has 166 valence electrons. The van der Waals surface area contributed by atoms with Crippen molar-refractivity contribution in [1.29, 1.82) is 0 Å². The van der Waals surface area contributed by atoms with Crippen molar-refractivity contribution >= 4 is 21.6 Å². The zero-order valence-corrected chi connectivity index (χ0v) is 19.0. The molecule has 1 fully saturated rings. The molecular formula is C26H28N2O3S. The van der Waals surface area contributed by atoms with E-state index in [9.17, 15) is 13.2 Å². The molecule has 3 aromatic carbocycles. The monoisotopic (exact) mass is 448 g/mol. The summed E-state index contributed by atoms with van der Waals surface area (Å²) in [4.78, 5) is 13.5. The summed E-state index contributed by atoms with van der Waals surface area (Å²) in [6, 6.07) is 25.7. The van der Waals surface area contributed by atoms with Crippen molar-refractivity contribution in [3.05, 3.63) is 96.1 Å². The van der Waals surface area contributed by atoms with Gasteiger partial charge in [0.05, 0.1) is 10.8 Å². The summed E-state index contributed by atoms with van der Waals surface area (Å²) < 4.78 is 27.5. The van der Waals surface area contributed by atoms with E-state index < -0.39 is 15.9 Å². The molecule has 5 nitrogen and oxygen atoms in total. The fourth-order valence-corrected chi connectivity index (χ4v) is 5.82. The van der Waals surface area contributed by atoms with Gasteiger partial charge in [0.1, 0.15) is 0 Å². The molecule has 3 aromatic rings. The van der Waals surface area contributed by atoms with Crippen LogP contribution in [0.5, 0.6) is 0 Å². The third kappa shape index (κ3) is 4.92. The topological polar surface area (TPSA) is 66.5 Å². The second kappa shape index (κ2) is 9.67. The van der Waals surface area contributed by atoms with Crippen LogP contribution in [0.15, 0.2) is 89.8 Å². The van der Waals surface area contributed by atoms with E-state index in [-0.39, 0.29) is 10.8 Å². The minimum Gasteiger partial charge on any atom is -0.325 e. The number of amides is 1. The predicted molar refractivity (Wildman–Crippen MR) is 127 cm³/mol. The third-order valence-corrected chi connectivity index (χ3v) is 7.79. The number of nitrogens with zero attached hydrogens (tertiary/aromatic N) is 1. The lowest BCUT2D eigenvalue weighted by Crippen LogP contribution is -2.39. The molecule has 1 amide bonds. The van der Waals surface area contributed by atoms with Gasteiger partial charge in [-0.3, -0.25) is 4.79 Å². The molecule has 4 rings (SSSR count). The fraction of sp³-hybridized carbons (Fsp3) is 0.269. The highest BCUT2D eigenvalue weighted by Crippen LogP contribution is 2.28. The molecule has 0 spiro atoms. The Balaban J connectivity index is 1.54. The standard InChI is InChI=1S/C26H28N2O3S/c1-20-9-8-18-28(19-20)32(30,31)24-16-14-23(15-17-24)27-26(29)25(21-10-4-2-5-11-21)22-12-6-3-7-13-22/h2-7,10-17,20,25H,8-9,18-19H2,1H3,(H,27,29). The number of hydrogen-bond acceptors (Lipinski definition) is 3. The highest BCUT2D eigenvalue weighted by atomic mass is 32.2. The predicted octanol–water partition coefficient (Wildman–Crippen LogP) is 4.88. The third-order valence-electron chi connectivity index (χ3n) is 5.91. The lowest BCUT2D eigenvalue weighted by atomic mass is 9.90. The lowest BCUT2D eigenvalue weighted by Gasteiger charge is -2.30. The molecule has 32 heavy (non-hydrogen) atoms. The van der Waals surface area contributed by atoms with Crippen molar-refractivity contribution in [3.63, 3.8) is 0 Å². The molecule has 6 heteroatoms. The molecule has 0 radical (unpaired) electrons. The molecule has 1 atom stereocenters.